The van der Waals surface area contributed by atoms with Gasteiger partial charge in [-0.05, 0) is 48.2 Å². The molecule has 3 aromatic rings. The lowest BCUT2D eigenvalue weighted by atomic mass is 10.00. The third-order valence-electron chi connectivity index (χ3n) is 5.97. The van der Waals surface area contributed by atoms with Crippen molar-refractivity contribution in [3.05, 3.63) is 59.2 Å². The van der Waals surface area contributed by atoms with E-state index in [0.717, 1.165) is 47.0 Å². The molecule has 2 aromatic carbocycles. The standard InChI is InChI=1S/C26H30N2O3/c1-2-3-4-5-6-7-17-31-26(30)19-13-11-18(12-14-19)24-20-15-16-27-25(29)21-9-8-10-22(28-24)23(20)21/h8-14,28H,2-7,15-17H2,1H3,(H,27,29). The van der Waals surface area contributed by atoms with Gasteiger partial charge in [0, 0.05) is 28.7 Å². The largest absolute Gasteiger partial charge is 0.462 e. The van der Waals surface area contributed by atoms with Gasteiger partial charge in [0.05, 0.1) is 12.2 Å². The summed E-state index contributed by atoms with van der Waals surface area (Å²) in [6, 6.07) is 13.3. The molecule has 0 saturated heterocycles. The van der Waals surface area contributed by atoms with E-state index < -0.39 is 0 Å². The molecule has 1 aliphatic rings. The van der Waals surface area contributed by atoms with Crippen LogP contribution in [0.1, 0.15) is 71.7 Å². The molecule has 31 heavy (non-hydrogen) atoms. The zero-order valence-electron chi connectivity index (χ0n) is 18.1. The molecular formula is C26H30N2O3. The fourth-order valence-corrected chi connectivity index (χ4v) is 4.30. The first kappa shape index (κ1) is 21.2. The number of hydrogen-bond donors (Lipinski definition) is 2. The molecule has 4 rings (SSSR count). The number of rotatable bonds is 9. The number of carbonyl (C=O) groups is 2. The van der Waals surface area contributed by atoms with E-state index >= 15 is 0 Å². The Labute approximate surface area is 183 Å². The van der Waals surface area contributed by atoms with Gasteiger partial charge in [-0.1, -0.05) is 57.2 Å². The number of aromatic nitrogens is 1. The maximum Gasteiger partial charge on any atom is 0.338 e. The van der Waals surface area contributed by atoms with Gasteiger partial charge in [-0.25, -0.2) is 4.79 Å². The molecular weight excluding hydrogens is 388 g/mol. The molecule has 0 bridgehead atoms. The highest BCUT2D eigenvalue weighted by Gasteiger charge is 2.22. The lowest BCUT2D eigenvalue weighted by Crippen LogP contribution is -2.23. The minimum Gasteiger partial charge on any atom is -0.462 e. The van der Waals surface area contributed by atoms with Crippen LogP contribution in [0.5, 0.6) is 0 Å². The Morgan fingerprint density at radius 1 is 1.00 bits per heavy atom. The molecule has 0 fully saturated rings. The molecule has 5 nitrogen and oxygen atoms in total. The second kappa shape index (κ2) is 9.82. The number of hydrogen-bond acceptors (Lipinski definition) is 3. The molecule has 0 atom stereocenters. The van der Waals surface area contributed by atoms with Crippen molar-refractivity contribution in [3.8, 4) is 11.3 Å². The second-order valence-corrected chi connectivity index (χ2v) is 8.19. The van der Waals surface area contributed by atoms with Gasteiger partial charge in [0.25, 0.3) is 5.91 Å². The van der Waals surface area contributed by atoms with E-state index in [4.69, 9.17) is 4.74 Å². The van der Waals surface area contributed by atoms with E-state index in [2.05, 4.69) is 17.2 Å². The number of H-pyrrole nitrogens is 1. The Morgan fingerprint density at radius 3 is 2.58 bits per heavy atom. The summed E-state index contributed by atoms with van der Waals surface area (Å²) in [5, 5.41) is 3.96. The molecule has 1 aliphatic heterocycles. The molecule has 1 aromatic heterocycles. The SMILES string of the molecule is CCCCCCCCOC(=O)c1ccc(-c2[nH]c3cccc4c3c2CCNC4=O)cc1. The van der Waals surface area contributed by atoms with E-state index in [1.165, 1.54) is 25.7 Å². The van der Waals surface area contributed by atoms with Crippen molar-refractivity contribution in [2.75, 3.05) is 13.2 Å². The highest BCUT2D eigenvalue weighted by Crippen LogP contribution is 2.34. The van der Waals surface area contributed by atoms with E-state index in [0.29, 0.717) is 24.3 Å². The predicted molar refractivity (Wildman–Crippen MR) is 123 cm³/mol. The zero-order chi connectivity index (χ0) is 21.6. The summed E-state index contributed by atoms with van der Waals surface area (Å²) in [6.45, 7) is 3.29. The van der Waals surface area contributed by atoms with Crippen LogP contribution in [0.25, 0.3) is 22.2 Å². The van der Waals surface area contributed by atoms with Gasteiger partial charge in [0.15, 0.2) is 0 Å². The Bertz CT molecular complexity index is 1070. The molecule has 2 heterocycles. The lowest BCUT2D eigenvalue weighted by Gasteiger charge is -2.07. The van der Waals surface area contributed by atoms with Crippen molar-refractivity contribution in [3.63, 3.8) is 0 Å². The second-order valence-electron chi connectivity index (χ2n) is 8.19. The number of aromatic amines is 1. The summed E-state index contributed by atoms with van der Waals surface area (Å²) >= 11 is 0. The van der Waals surface area contributed by atoms with Crippen LogP contribution < -0.4 is 5.32 Å². The number of amides is 1. The van der Waals surface area contributed by atoms with Crippen molar-refractivity contribution in [2.45, 2.75) is 51.9 Å². The van der Waals surface area contributed by atoms with Crippen molar-refractivity contribution in [2.24, 2.45) is 0 Å². The fourth-order valence-electron chi connectivity index (χ4n) is 4.30. The lowest BCUT2D eigenvalue weighted by molar-refractivity contribution is 0.0497. The Balaban J connectivity index is 1.44. The van der Waals surface area contributed by atoms with Gasteiger partial charge in [-0.3, -0.25) is 4.79 Å². The average molecular weight is 419 g/mol. The minimum atomic E-state index is -0.271. The van der Waals surface area contributed by atoms with E-state index in [-0.39, 0.29) is 11.9 Å². The third-order valence-corrected chi connectivity index (χ3v) is 5.97. The van der Waals surface area contributed by atoms with Crippen LogP contribution in [0.4, 0.5) is 0 Å². The quantitative estimate of drug-likeness (QED) is 0.349. The summed E-state index contributed by atoms with van der Waals surface area (Å²) in [6.07, 6.45) is 7.76. The molecule has 162 valence electrons. The smallest absolute Gasteiger partial charge is 0.338 e. The summed E-state index contributed by atoms with van der Waals surface area (Å²) in [5.41, 5.74) is 5.38. The van der Waals surface area contributed by atoms with Crippen LogP contribution in [-0.2, 0) is 11.2 Å². The molecule has 0 unspecified atom stereocenters. The fraction of sp³-hybridized carbons (Fsp3) is 0.385. The normalized spacial score (nSPS) is 13.1. The van der Waals surface area contributed by atoms with E-state index in [1.54, 1.807) is 0 Å². The third kappa shape index (κ3) is 4.66. The minimum absolute atomic E-state index is 0.0293. The van der Waals surface area contributed by atoms with Crippen molar-refractivity contribution in [1.29, 1.82) is 0 Å². The summed E-state index contributed by atoms with van der Waals surface area (Å²) in [4.78, 5) is 28.2. The molecule has 0 radical (unpaired) electrons. The highest BCUT2D eigenvalue weighted by molar-refractivity contribution is 6.10. The summed E-state index contributed by atoms with van der Waals surface area (Å²) in [7, 11) is 0. The highest BCUT2D eigenvalue weighted by atomic mass is 16.5. The van der Waals surface area contributed by atoms with Crippen LogP contribution in [-0.4, -0.2) is 30.0 Å². The zero-order valence-corrected chi connectivity index (χ0v) is 18.1. The van der Waals surface area contributed by atoms with Gasteiger partial charge < -0.3 is 15.0 Å². The maximum atomic E-state index is 12.4. The summed E-state index contributed by atoms with van der Waals surface area (Å²) in [5.74, 6) is -0.301. The molecule has 0 saturated carbocycles. The molecule has 0 spiro atoms. The number of unbranched alkanes of at least 4 members (excludes halogenated alkanes) is 5. The maximum absolute atomic E-state index is 12.4. The molecule has 5 heteroatoms. The number of ether oxygens (including phenoxy) is 1. The van der Waals surface area contributed by atoms with Crippen LogP contribution in [0.2, 0.25) is 0 Å². The molecule has 1 amide bonds. The number of esters is 1. The Morgan fingerprint density at radius 2 is 1.77 bits per heavy atom. The molecule has 2 N–H and O–H groups in total. The average Bonchev–Trinajstić information content (AvgIpc) is 3.08. The van der Waals surface area contributed by atoms with Crippen molar-refractivity contribution >= 4 is 22.8 Å². The summed E-state index contributed by atoms with van der Waals surface area (Å²) < 4.78 is 5.43. The Kier molecular flexibility index (Phi) is 6.70. The topological polar surface area (TPSA) is 71.2 Å². The van der Waals surface area contributed by atoms with Gasteiger partial charge in [0.1, 0.15) is 0 Å². The van der Waals surface area contributed by atoms with Gasteiger partial charge in [-0.2, -0.15) is 0 Å². The van der Waals surface area contributed by atoms with Crippen LogP contribution >= 0.6 is 0 Å². The van der Waals surface area contributed by atoms with Crippen molar-refractivity contribution < 1.29 is 14.3 Å². The Hall–Kier alpha value is -3.08. The number of benzene rings is 2. The van der Waals surface area contributed by atoms with Crippen LogP contribution in [0, 0.1) is 0 Å². The van der Waals surface area contributed by atoms with Gasteiger partial charge in [-0.15, -0.1) is 0 Å². The first-order valence-electron chi connectivity index (χ1n) is 11.4. The predicted octanol–water partition coefficient (Wildman–Crippen LogP) is 5.64. The van der Waals surface area contributed by atoms with Gasteiger partial charge in [0.2, 0.25) is 0 Å². The van der Waals surface area contributed by atoms with Crippen molar-refractivity contribution in [1.82, 2.24) is 10.3 Å². The van der Waals surface area contributed by atoms with Gasteiger partial charge >= 0.3 is 5.97 Å². The monoisotopic (exact) mass is 418 g/mol. The number of carbonyl (C=O) groups excluding carboxylic acids is 2. The first-order chi connectivity index (χ1) is 15.2. The van der Waals surface area contributed by atoms with E-state index in [1.807, 2.05) is 42.5 Å². The molecule has 0 aliphatic carbocycles. The van der Waals surface area contributed by atoms with Crippen LogP contribution in [0.15, 0.2) is 42.5 Å². The van der Waals surface area contributed by atoms with Crippen LogP contribution in [0.3, 0.4) is 0 Å². The number of nitrogens with one attached hydrogen (secondary N) is 2. The van der Waals surface area contributed by atoms with E-state index in [9.17, 15) is 9.59 Å². The first-order valence-corrected chi connectivity index (χ1v) is 11.4.